The number of allylic oxidation sites excluding steroid dienone is 1. The normalized spacial score (nSPS) is 16.3. The van der Waals surface area contributed by atoms with Gasteiger partial charge in [-0.2, -0.15) is 0 Å². The van der Waals surface area contributed by atoms with Crippen LogP contribution in [0.2, 0.25) is 5.02 Å². The molecular weight excluding hydrogens is 432 g/mol. The number of carbonyl (C=O) groups is 1. The van der Waals surface area contributed by atoms with Crippen molar-refractivity contribution in [2.45, 2.75) is 32.9 Å². The molecule has 1 aromatic heterocycles. The number of ether oxygens (including phenoxy) is 1. The van der Waals surface area contributed by atoms with E-state index in [1.165, 1.54) is 11.3 Å². The molecule has 2 aromatic carbocycles. The third-order valence-electron chi connectivity index (χ3n) is 4.87. The Bertz CT molecular complexity index is 1340. The van der Waals surface area contributed by atoms with Crippen LogP contribution in [-0.4, -0.2) is 16.6 Å². The molecule has 0 aliphatic carbocycles. The predicted octanol–water partition coefficient (Wildman–Crippen LogP) is 3.84. The lowest BCUT2D eigenvalue weighted by atomic mass is 9.96. The second kappa shape index (κ2) is 8.65. The maximum atomic E-state index is 13.4. The van der Waals surface area contributed by atoms with E-state index < -0.39 is 12.0 Å². The van der Waals surface area contributed by atoms with Gasteiger partial charge < -0.3 is 4.74 Å². The minimum Gasteiger partial charge on any atom is -0.459 e. The number of thiazole rings is 1. The van der Waals surface area contributed by atoms with Crippen LogP contribution < -0.4 is 14.9 Å². The lowest BCUT2D eigenvalue weighted by Crippen LogP contribution is -2.40. The van der Waals surface area contributed by atoms with Gasteiger partial charge in [-0.3, -0.25) is 9.36 Å². The van der Waals surface area contributed by atoms with Gasteiger partial charge in [-0.1, -0.05) is 65.4 Å². The molecule has 0 unspecified atom stereocenters. The molecule has 7 heteroatoms. The van der Waals surface area contributed by atoms with Crippen LogP contribution in [0.5, 0.6) is 0 Å². The molecule has 1 aliphatic rings. The fraction of sp³-hybridized carbons (Fsp3) is 0.208. The Labute approximate surface area is 188 Å². The summed E-state index contributed by atoms with van der Waals surface area (Å²) in [6.45, 7) is 5.36. The number of hydrogen-bond donors (Lipinski definition) is 0. The third kappa shape index (κ3) is 4.27. The zero-order chi connectivity index (χ0) is 22.1. The zero-order valence-corrected chi connectivity index (χ0v) is 18.9. The van der Waals surface area contributed by atoms with Crippen LogP contribution >= 0.6 is 22.9 Å². The van der Waals surface area contributed by atoms with Crippen molar-refractivity contribution in [2.75, 3.05) is 0 Å². The van der Waals surface area contributed by atoms with Crippen molar-refractivity contribution in [3.05, 3.63) is 102 Å². The molecule has 31 heavy (non-hydrogen) atoms. The van der Waals surface area contributed by atoms with E-state index in [0.717, 1.165) is 11.1 Å². The minimum absolute atomic E-state index is 0.199. The number of nitrogens with zero attached hydrogens (tertiary/aromatic N) is 2. The van der Waals surface area contributed by atoms with E-state index >= 15 is 0 Å². The molecule has 0 spiro atoms. The summed E-state index contributed by atoms with van der Waals surface area (Å²) >= 11 is 7.38. The molecule has 1 atom stereocenters. The largest absolute Gasteiger partial charge is 0.459 e. The summed E-state index contributed by atoms with van der Waals surface area (Å²) in [7, 11) is 0. The standard InChI is InChI=1S/C24H21ClN2O3S/c1-14(2)30-23(29)20-15(3)26-24-27(21(20)17-9-11-18(25)12-10-17)22(28)19(31-24)13-16-7-5-4-6-8-16/h4-14,21H,1-3H3/b19-13-/t21-/m0/s1. The maximum absolute atomic E-state index is 13.4. The van der Waals surface area contributed by atoms with Crippen molar-refractivity contribution >= 4 is 35.0 Å². The highest BCUT2D eigenvalue weighted by Crippen LogP contribution is 2.31. The van der Waals surface area contributed by atoms with Crippen molar-refractivity contribution in [1.29, 1.82) is 0 Å². The molecule has 0 amide bonds. The highest BCUT2D eigenvalue weighted by atomic mass is 35.5. The first-order valence-electron chi connectivity index (χ1n) is 9.89. The first-order chi connectivity index (χ1) is 14.8. The van der Waals surface area contributed by atoms with Crippen LogP contribution in [-0.2, 0) is 9.53 Å². The predicted molar refractivity (Wildman–Crippen MR) is 123 cm³/mol. The van der Waals surface area contributed by atoms with Gasteiger partial charge in [0, 0.05) is 5.02 Å². The molecule has 0 bridgehead atoms. The van der Waals surface area contributed by atoms with Gasteiger partial charge in [0.15, 0.2) is 4.80 Å². The lowest BCUT2D eigenvalue weighted by molar-refractivity contribution is -0.143. The Morgan fingerprint density at radius 1 is 1.16 bits per heavy atom. The van der Waals surface area contributed by atoms with Gasteiger partial charge in [-0.15, -0.1) is 0 Å². The van der Waals surface area contributed by atoms with Gasteiger partial charge >= 0.3 is 5.97 Å². The average Bonchev–Trinajstić information content (AvgIpc) is 3.02. The van der Waals surface area contributed by atoms with E-state index in [0.29, 0.717) is 25.6 Å². The third-order valence-corrected chi connectivity index (χ3v) is 6.10. The van der Waals surface area contributed by atoms with E-state index in [-0.39, 0.29) is 11.7 Å². The zero-order valence-electron chi connectivity index (χ0n) is 17.3. The summed E-state index contributed by atoms with van der Waals surface area (Å²) in [4.78, 5) is 31.6. The van der Waals surface area contributed by atoms with E-state index in [2.05, 4.69) is 4.99 Å². The SMILES string of the molecule is CC1=C(C(=O)OC(C)C)[C@H](c2ccc(Cl)cc2)n2c(s/c(=C\c3ccccc3)c2=O)=N1. The fourth-order valence-corrected chi connectivity index (χ4v) is 4.69. The number of rotatable bonds is 4. The van der Waals surface area contributed by atoms with Crippen LogP contribution in [0.4, 0.5) is 0 Å². The van der Waals surface area contributed by atoms with Crippen molar-refractivity contribution in [3.63, 3.8) is 0 Å². The number of carbonyl (C=O) groups excluding carboxylic acids is 1. The van der Waals surface area contributed by atoms with E-state index in [9.17, 15) is 9.59 Å². The molecule has 0 saturated carbocycles. The molecule has 2 heterocycles. The monoisotopic (exact) mass is 452 g/mol. The average molecular weight is 453 g/mol. The highest BCUT2D eigenvalue weighted by molar-refractivity contribution is 7.07. The van der Waals surface area contributed by atoms with Crippen LogP contribution in [0.1, 0.15) is 37.9 Å². The summed E-state index contributed by atoms with van der Waals surface area (Å²) in [5.74, 6) is -0.478. The number of aromatic nitrogens is 1. The molecular formula is C24H21ClN2O3S. The number of esters is 1. The molecule has 0 saturated heterocycles. The number of halogens is 1. The Balaban J connectivity index is 1.95. The fourth-order valence-electron chi connectivity index (χ4n) is 3.52. The van der Waals surface area contributed by atoms with Crippen molar-refractivity contribution in [3.8, 4) is 0 Å². The Morgan fingerprint density at radius 2 is 1.84 bits per heavy atom. The van der Waals surface area contributed by atoms with Gasteiger partial charge in [0.05, 0.1) is 27.9 Å². The smallest absolute Gasteiger partial charge is 0.338 e. The van der Waals surface area contributed by atoms with Crippen LogP contribution in [0.15, 0.2) is 75.7 Å². The highest BCUT2D eigenvalue weighted by Gasteiger charge is 2.33. The molecule has 0 radical (unpaired) electrons. The molecule has 0 fully saturated rings. The van der Waals surface area contributed by atoms with E-state index in [1.54, 1.807) is 37.5 Å². The molecule has 5 nitrogen and oxygen atoms in total. The molecule has 4 rings (SSSR count). The lowest BCUT2D eigenvalue weighted by Gasteiger charge is -2.25. The minimum atomic E-state index is -0.641. The Hall–Kier alpha value is -2.96. The molecule has 1 aliphatic heterocycles. The van der Waals surface area contributed by atoms with Gasteiger partial charge in [-0.05, 0) is 50.1 Å². The van der Waals surface area contributed by atoms with Gasteiger partial charge in [0.25, 0.3) is 5.56 Å². The van der Waals surface area contributed by atoms with E-state index in [4.69, 9.17) is 16.3 Å². The number of benzene rings is 2. The van der Waals surface area contributed by atoms with Gasteiger partial charge in [0.2, 0.25) is 0 Å². The maximum Gasteiger partial charge on any atom is 0.338 e. The summed E-state index contributed by atoms with van der Waals surface area (Å²) in [6.07, 6.45) is 1.55. The summed E-state index contributed by atoms with van der Waals surface area (Å²) in [5, 5.41) is 0.576. The van der Waals surface area contributed by atoms with Crippen LogP contribution in [0.3, 0.4) is 0 Å². The second-order valence-corrected chi connectivity index (χ2v) is 8.94. The topological polar surface area (TPSA) is 60.7 Å². The first kappa shape index (κ1) is 21.3. The first-order valence-corrected chi connectivity index (χ1v) is 11.1. The van der Waals surface area contributed by atoms with Crippen LogP contribution in [0.25, 0.3) is 6.08 Å². The van der Waals surface area contributed by atoms with Crippen molar-refractivity contribution in [1.82, 2.24) is 4.57 Å². The quantitative estimate of drug-likeness (QED) is 0.565. The summed E-state index contributed by atoms with van der Waals surface area (Å²) in [5.41, 5.74) is 2.38. The Kier molecular flexibility index (Phi) is 5.94. The van der Waals surface area contributed by atoms with Gasteiger partial charge in [-0.25, -0.2) is 9.79 Å². The van der Waals surface area contributed by atoms with E-state index in [1.807, 2.05) is 48.5 Å². The van der Waals surface area contributed by atoms with Crippen molar-refractivity contribution in [2.24, 2.45) is 4.99 Å². The molecule has 0 N–H and O–H groups in total. The van der Waals surface area contributed by atoms with Crippen molar-refractivity contribution < 1.29 is 9.53 Å². The van der Waals surface area contributed by atoms with Gasteiger partial charge in [0.1, 0.15) is 0 Å². The molecule has 158 valence electrons. The summed E-state index contributed by atoms with van der Waals surface area (Å²) in [6, 6.07) is 16.1. The number of hydrogen-bond acceptors (Lipinski definition) is 5. The van der Waals surface area contributed by atoms with Crippen LogP contribution in [0, 0.1) is 0 Å². The Morgan fingerprint density at radius 3 is 2.48 bits per heavy atom. The summed E-state index contributed by atoms with van der Waals surface area (Å²) < 4.78 is 7.62. The molecule has 3 aromatic rings. The number of fused-ring (bicyclic) bond motifs is 1. The second-order valence-electron chi connectivity index (χ2n) is 7.50.